The molecule has 0 bridgehead atoms. The molecule has 0 unspecified atom stereocenters. The molecule has 5 nitrogen and oxygen atoms in total. The summed E-state index contributed by atoms with van der Waals surface area (Å²) in [6, 6.07) is 13.1. The molecule has 0 fully saturated rings. The molecule has 180 valence electrons. The summed E-state index contributed by atoms with van der Waals surface area (Å²) in [6.07, 6.45) is 3.10. The molecule has 1 aliphatic rings. The molecule has 0 aliphatic heterocycles. The number of carbonyl (C=O) groups excluding carboxylic acids is 1. The Morgan fingerprint density at radius 1 is 1.21 bits per heavy atom. The lowest BCUT2D eigenvalue weighted by atomic mass is 9.88. The van der Waals surface area contributed by atoms with Crippen LogP contribution < -0.4 is 10.1 Å². The number of hydrogen-bond donors (Lipinski definition) is 2. The average molecular weight is 458 g/mol. The van der Waals surface area contributed by atoms with Gasteiger partial charge < -0.3 is 19.9 Å². The van der Waals surface area contributed by atoms with Gasteiger partial charge >= 0.3 is 5.97 Å². The maximum atomic E-state index is 14.1. The molecule has 1 atom stereocenters. The molecular weight excluding hydrogens is 421 g/mol. The Labute approximate surface area is 196 Å². The van der Waals surface area contributed by atoms with Crippen molar-refractivity contribution in [3.8, 4) is 5.75 Å². The van der Waals surface area contributed by atoms with Gasteiger partial charge in [-0.15, -0.1) is 0 Å². The van der Waals surface area contributed by atoms with E-state index in [1.807, 2.05) is 0 Å². The Morgan fingerprint density at radius 3 is 2.58 bits per heavy atom. The average Bonchev–Trinajstić information content (AvgIpc) is 3.18. The number of esters is 1. The predicted molar refractivity (Wildman–Crippen MR) is 127 cm³/mol. The summed E-state index contributed by atoms with van der Waals surface area (Å²) in [6.45, 7) is 6.74. The van der Waals surface area contributed by atoms with Crippen LogP contribution in [0.2, 0.25) is 0 Å². The van der Waals surface area contributed by atoms with Crippen LogP contribution in [0.5, 0.6) is 5.75 Å². The van der Waals surface area contributed by atoms with Gasteiger partial charge in [-0.1, -0.05) is 30.3 Å². The zero-order valence-electron chi connectivity index (χ0n) is 19.9. The molecule has 33 heavy (non-hydrogen) atoms. The Bertz CT molecular complexity index is 905. The third-order valence-electron chi connectivity index (χ3n) is 6.10. The summed E-state index contributed by atoms with van der Waals surface area (Å²) < 4.78 is 24.6. The Kier molecular flexibility index (Phi) is 8.87. The number of hydrogen-bond acceptors (Lipinski definition) is 5. The van der Waals surface area contributed by atoms with Gasteiger partial charge in [0, 0.05) is 18.5 Å². The number of aliphatic hydroxyl groups excluding tert-OH is 1. The number of aliphatic hydroxyl groups is 1. The standard InChI is InChI=1S/C27H36FNO4/c1-4-32-26(31)12-10-19-9-11-24(28)25(15-19)33-18-23(30)17-29-27(2,3)16-20-13-21-7-5-6-8-22(21)14-20/h5-9,11,15,20,23,29-30H,4,10,12-14,16-18H2,1-3H3/t23-/m1/s1. The van der Waals surface area contributed by atoms with Crippen LogP contribution in [0.1, 0.15) is 50.3 Å². The van der Waals surface area contributed by atoms with Gasteiger partial charge in [0.1, 0.15) is 12.7 Å². The van der Waals surface area contributed by atoms with Crippen molar-refractivity contribution in [2.75, 3.05) is 19.8 Å². The van der Waals surface area contributed by atoms with Gasteiger partial charge in [-0.05, 0) is 81.2 Å². The first kappa shape index (κ1) is 25.2. The number of carbonyl (C=O) groups is 1. The number of halogens is 1. The van der Waals surface area contributed by atoms with Gasteiger partial charge in [0.25, 0.3) is 0 Å². The predicted octanol–water partition coefficient (Wildman–Crippen LogP) is 4.23. The second-order valence-electron chi connectivity index (χ2n) is 9.55. The minimum absolute atomic E-state index is 0.0177. The lowest BCUT2D eigenvalue weighted by Gasteiger charge is -2.30. The van der Waals surface area contributed by atoms with Gasteiger partial charge in [-0.25, -0.2) is 4.39 Å². The summed E-state index contributed by atoms with van der Waals surface area (Å²) >= 11 is 0. The first-order valence-corrected chi connectivity index (χ1v) is 11.8. The minimum Gasteiger partial charge on any atom is -0.488 e. The highest BCUT2D eigenvalue weighted by Crippen LogP contribution is 2.31. The van der Waals surface area contributed by atoms with Crippen LogP contribution in [-0.2, 0) is 28.8 Å². The number of β-amino-alcohol motifs (C(OH)–C–C–N with tert-alkyl or cyclic N) is 1. The number of fused-ring (bicyclic) bond motifs is 1. The molecule has 0 saturated heterocycles. The minimum atomic E-state index is -0.771. The van der Waals surface area contributed by atoms with E-state index in [1.165, 1.54) is 17.2 Å². The van der Waals surface area contributed by atoms with E-state index in [0.29, 0.717) is 25.5 Å². The molecule has 0 aromatic heterocycles. The Hall–Kier alpha value is -2.44. The second-order valence-corrected chi connectivity index (χ2v) is 9.55. The second kappa shape index (κ2) is 11.6. The highest BCUT2D eigenvalue weighted by atomic mass is 19.1. The summed E-state index contributed by atoms with van der Waals surface area (Å²) in [5, 5.41) is 13.8. The molecule has 0 heterocycles. The van der Waals surface area contributed by atoms with E-state index in [1.54, 1.807) is 19.1 Å². The van der Waals surface area contributed by atoms with Crippen LogP contribution in [-0.4, -0.2) is 42.5 Å². The van der Waals surface area contributed by atoms with Crippen LogP contribution >= 0.6 is 0 Å². The molecule has 2 aromatic carbocycles. The lowest BCUT2D eigenvalue weighted by Crippen LogP contribution is -2.46. The van der Waals surface area contributed by atoms with E-state index >= 15 is 0 Å². The normalized spacial score (nSPS) is 14.7. The number of aryl methyl sites for hydroxylation is 1. The zero-order valence-corrected chi connectivity index (χ0v) is 19.9. The van der Waals surface area contributed by atoms with Gasteiger partial charge in [0.05, 0.1) is 6.61 Å². The summed E-state index contributed by atoms with van der Waals surface area (Å²) in [5.41, 5.74) is 3.54. The summed E-state index contributed by atoms with van der Waals surface area (Å²) in [5.74, 6) is -0.103. The highest BCUT2D eigenvalue weighted by molar-refractivity contribution is 5.69. The number of nitrogens with one attached hydrogen (secondary N) is 1. The number of ether oxygens (including phenoxy) is 2. The fraction of sp³-hybridized carbons (Fsp3) is 0.519. The smallest absolute Gasteiger partial charge is 0.306 e. The van der Waals surface area contributed by atoms with Crippen LogP contribution in [0.4, 0.5) is 4.39 Å². The fourth-order valence-corrected chi connectivity index (χ4v) is 4.52. The fourth-order valence-electron chi connectivity index (χ4n) is 4.52. The lowest BCUT2D eigenvalue weighted by molar-refractivity contribution is -0.143. The summed E-state index contributed by atoms with van der Waals surface area (Å²) in [4.78, 5) is 11.5. The molecule has 0 amide bonds. The highest BCUT2D eigenvalue weighted by Gasteiger charge is 2.28. The van der Waals surface area contributed by atoms with Crippen LogP contribution in [0.15, 0.2) is 42.5 Å². The van der Waals surface area contributed by atoms with E-state index in [2.05, 4.69) is 43.4 Å². The van der Waals surface area contributed by atoms with Crippen LogP contribution in [0.3, 0.4) is 0 Å². The van der Waals surface area contributed by atoms with Crippen molar-refractivity contribution in [2.45, 2.75) is 64.5 Å². The Morgan fingerprint density at radius 2 is 1.91 bits per heavy atom. The number of benzene rings is 2. The van der Waals surface area contributed by atoms with Crippen molar-refractivity contribution in [2.24, 2.45) is 5.92 Å². The maximum absolute atomic E-state index is 14.1. The molecule has 6 heteroatoms. The van der Waals surface area contributed by atoms with Crippen molar-refractivity contribution >= 4 is 5.97 Å². The van der Waals surface area contributed by atoms with Gasteiger partial charge in [-0.3, -0.25) is 4.79 Å². The third kappa shape index (κ3) is 7.83. The van der Waals surface area contributed by atoms with Crippen molar-refractivity contribution in [1.29, 1.82) is 0 Å². The van der Waals surface area contributed by atoms with Crippen molar-refractivity contribution in [3.05, 3.63) is 65.0 Å². The van der Waals surface area contributed by atoms with Gasteiger partial charge in [0.2, 0.25) is 0 Å². The quantitative estimate of drug-likeness (QED) is 0.467. The molecule has 3 rings (SSSR count). The summed E-state index contributed by atoms with van der Waals surface area (Å²) in [7, 11) is 0. The Balaban J connectivity index is 1.43. The van der Waals surface area contributed by atoms with Crippen LogP contribution in [0, 0.1) is 11.7 Å². The monoisotopic (exact) mass is 457 g/mol. The first-order valence-electron chi connectivity index (χ1n) is 11.8. The third-order valence-corrected chi connectivity index (χ3v) is 6.10. The number of rotatable bonds is 12. The van der Waals surface area contributed by atoms with Crippen molar-refractivity contribution < 1.29 is 23.8 Å². The van der Waals surface area contributed by atoms with E-state index in [4.69, 9.17) is 9.47 Å². The SMILES string of the molecule is CCOC(=O)CCc1ccc(F)c(OC[C@H](O)CNC(C)(C)CC2Cc3ccccc3C2)c1. The van der Waals surface area contributed by atoms with Crippen LogP contribution in [0.25, 0.3) is 0 Å². The van der Waals surface area contributed by atoms with Gasteiger partial charge in [-0.2, -0.15) is 0 Å². The first-order chi connectivity index (χ1) is 15.8. The molecule has 0 radical (unpaired) electrons. The van der Waals surface area contributed by atoms with E-state index in [-0.39, 0.29) is 30.3 Å². The molecule has 0 saturated carbocycles. The zero-order chi connectivity index (χ0) is 23.8. The topological polar surface area (TPSA) is 67.8 Å². The van der Waals surface area contributed by atoms with E-state index in [0.717, 1.165) is 24.8 Å². The van der Waals surface area contributed by atoms with Crippen molar-refractivity contribution in [3.63, 3.8) is 0 Å². The molecule has 2 aromatic rings. The molecule has 2 N–H and O–H groups in total. The van der Waals surface area contributed by atoms with E-state index < -0.39 is 11.9 Å². The molecule has 1 aliphatic carbocycles. The molecular formula is C27H36FNO4. The molecule has 0 spiro atoms. The van der Waals surface area contributed by atoms with Gasteiger partial charge in [0.15, 0.2) is 11.6 Å². The van der Waals surface area contributed by atoms with E-state index in [9.17, 15) is 14.3 Å². The maximum Gasteiger partial charge on any atom is 0.306 e. The van der Waals surface area contributed by atoms with Crippen molar-refractivity contribution in [1.82, 2.24) is 5.32 Å². The largest absolute Gasteiger partial charge is 0.488 e.